The molecule has 164 valence electrons. The first-order valence-corrected chi connectivity index (χ1v) is 10.1. The van der Waals surface area contributed by atoms with Crippen LogP contribution in [0, 0.1) is 6.92 Å². The zero-order valence-electron chi connectivity index (χ0n) is 17.8. The van der Waals surface area contributed by atoms with Crippen molar-refractivity contribution in [3.63, 3.8) is 0 Å². The smallest absolute Gasteiger partial charge is 0.263 e. The molecule has 5 aromatic rings. The molecule has 33 heavy (non-hydrogen) atoms. The highest BCUT2D eigenvalue weighted by molar-refractivity contribution is 6.04. The first kappa shape index (κ1) is 20.2. The summed E-state index contributed by atoms with van der Waals surface area (Å²) in [6.07, 6.45) is 1.47. The summed E-state index contributed by atoms with van der Waals surface area (Å²) in [6, 6.07) is 17.8. The van der Waals surface area contributed by atoms with Crippen LogP contribution in [0.5, 0.6) is 5.75 Å². The minimum atomic E-state index is -0.363. The molecule has 2 aromatic carbocycles. The van der Waals surface area contributed by atoms with Gasteiger partial charge in [-0.05, 0) is 43.3 Å². The van der Waals surface area contributed by atoms with Crippen molar-refractivity contribution in [1.82, 2.24) is 29.5 Å². The number of anilines is 1. The Morgan fingerprint density at radius 3 is 2.55 bits per heavy atom. The van der Waals surface area contributed by atoms with E-state index in [1.807, 2.05) is 30.3 Å². The van der Waals surface area contributed by atoms with Crippen LogP contribution in [0.15, 0.2) is 71.7 Å². The Labute approximate surface area is 187 Å². The lowest BCUT2D eigenvalue weighted by atomic mass is 10.2. The molecular formula is C23H19N7O3. The van der Waals surface area contributed by atoms with Crippen molar-refractivity contribution in [3.05, 3.63) is 88.5 Å². The number of carbonyl (C=O) groups is 1. The van der Waals surface area contributed by atoms with Gasteiger partial charge >= 0.3 is 0 Å². The molecule has 0 unspecified atom stereocenters. The molecule has 3 heterocycles. The average Bonchev–Trinajstić information content (AvgIpc) is 3.43. The van der Waals surface area contributed by atoms with Gasteiger partial charge in [-0.25, -0.2) is 4.68 Å². The van der Waals surface area contributed by atoms with Gasteiger partial charge in [0.2, 0.25) is 5.95 Å². The molecule has 0 fully saturated rings. The van der Waals surface area contributed by atoms with Crippen LogP contribution in [-0.4, -0.2) is 42.5 Å². The van der Waals surface area contributed by atoms with Crippen molar-refractivity contribution in [1.29, 1.82) is 0 Å². The summed E-state index contributed by atoms with van der Waals surface area (Å²) in [7, 11) is 1.56. The molecule has 0 bridgehead atoms. The lowest BCUT2D eigenvalue weighted by Crippen LogP contribution is -2.19. The van der Waals surface area contributed by atoms with Gasteiger partial charge in [0.25, 0.3) is 11.5 Å². The van der Waals surface area contributed by atoms with E-state index in [1.165, 1.54) is 10.9 Å². The second kappa shape index (κ2) is 8.08. The predicted molar refractivity (Wildman–Crippen MR) is 122 cm³/mol. The number of H-pyrrole nitrogens is 1. The lowest BCUT2D eigenvalue weighted by Gasteiger charge is -2.09. The number of aromatic amines is 1. The van der Waals surface area contributed by atoms with Crippen molar-refractivity contribution in [2.24, 2.45) is 0 Å². The van der Waals surface area contributed by atoms with Crippen LogP contribution < -0.4 is 15.6 Å². The number of amides is 1. The van der Waals surface area contributed by atoms with Crippen molar-refractivity contribution in [2.75, 3.05) is 12.4 Å². The van der Waals surface area contributed by atoms with Crippen molar-refractivity contribution < 1.29 is 9.53 Å². The Balaban J connectivity index is 1.55. The van der Waals surface area contributed by atoms with Gasteiger partial charge in [0.15, 0.2) is 5.65 Å². The number of para-hydroxylation sites is 1. The van der Waals surface area contributed by atoms with Crippen LogP contribution in [0.4, 0.5) is 5.82 Å². The Hall–Kier alpha value is -4.73. The second-order valence-electron chi connectivity index (χ2n) is 7.28. The minimum absolute atomic E-state index is 0.156. The number of hydrogen-bond donors (Lipinski definition) is 2. The third-order valence-electron chi connectivity index (χ3n) is 5.05. The van der Waals surface area contributed by atoms with Crippen LogP contribution in [0.3, 0.4) is 0 Å². The Morgan fingerprint density at radius 1 is 1.06 bits per heavy atom. The number of aromatic nitrogens is 6. The third kappa shape index (κ3) is 3.74. The molecule has 0 saturated carbocycles. The largest absolute Gasteiger partial charge is 0.497 e. The van der Waals surface area contributed by atoms with Crippen LogP contribution in [0.2, 0.25) is 0 Å². The van der Waals surface area contributed by atoms with Gasteiger partial charge < -0.3 is 10.1 Å². The minimum Gasteiger partial charge on any atom is -0.497 e. The van der Waals surface area contributed by atoms with Gasteiger partial charge in [-0.2, -0.15) is 19.9 Å². The fourth-order valence-electron chi connectivity index (χ4n) is 3.45. The van der Waals surface area contributed by atoms with Crippen LogP contribution in [0.1, 0.15) is 16.1 Å². The van der Waals surface area contributed by atoms with E-state index in [1.54, 1.807) is 49.0 Å². The Morgan fingerprint density at radius 2 is 1.82 bits per heavy atom. The summed E-state index contributed by atoms with van der Waals surface area (Å²) >= 11 is 0. The maximum absolute atomic E-state index is 12.8. The molecule has 10 nitrogen and oxygen atoms in total. The number of carbonyl (C=O) groups excluding carboxylic acids is 1. The number of aryl methyl sites for hydroxylation is 1. The van der Waals surface area contributed by atoms with E-state index in [0.717, 1.165) is 5.69 Å². The summed E-state index contributed by atoms with van der Waals surface area (Å²) in [6.45, 7) is 1.78. The highest BCUT2D eigenvalue weighted by Crippen LogP contribution is 2.19. The standard InChI is InChI=1S/C23H19N7O3/c1-14-12-19(25-21(31)15-8-10-17(33-2)11-9-15)30(28-14)23-26-20-18(22(32)27-23)13-24-29(20)16-6-4-3-5-7-16/h3-13H,1-2H3,(H,25,31)(H,26,27,32). The van der Waals surface area contributed by atoms with Crippen molar-refractivity contribution >= 4 is 22.8 Å². The molecular weight excluding hydrogens is 422 g/mol. The van der Waals surface area contributed by atoms with Gasteiger partial charge in [0.1, 0.15) is 17.0 Å². The molecule has 0 aliphatic rings. The number of rotatable bonds is 5. The first-order chi connectivity index (χ1) is 16.0. The van der Waals surface area contributed by atoms with Crippen LogP contribution in [0.25, 0.3) is 22.7 Å². The van der Waals surface area contributed by atoms with Gasteiger partial charge in [0, 0.05) is 11.6 Å². The maximum Gasteiger partial charge on any atom is 0.263 e. The van der Waals surface area contributed by atoms with E-state index in [9.17, 15) is 9.59 Å². The number of hydrogen-bond acceptors (Lipinski definition) is 6. The Bertz CT molecular complexity index is 1520. The number of ether oxygens (including phenoxy) is 1. The molecule has 0 aliphatic carbocycles. The van der Waals surface area contributed by atoms with E-state index in [-0.39, 0.29) is 17.4 Å². The van der Waals surface area contributed by atoms with Gasteiger partial charge in [-0.1, -0.05) is 18.2 Å². The molecule has 2 N–H and O–H groups in total. The highest BCUT2D eigenvalue weighted by Gasteiger charge is 2.17. The van der Waals surface area contributed by atoms with Crippen molar-refractivity contribution in [2.45, 2.75) is 6.92 Å². The van der Waals surface area contributed by atoms with Crippen molar-refractivity contribution in [3.8, 4) is 17.4 Å². The fraction of sp³-hybridized carbons (Fsp3) is 0.0870. The summed E-state index contributed by atoms with van der Waals surface area (Å²) in [5.74, 6) is 0.832. The van der Waals surface area contributed by atoms with Crippen LogP contribution >= 0.6 is 0 Å². The summed E-state index contributed by atoms with van der Waals surface area (Å²) in [4.78, 5) is 32.9. The number of methoxy groups -OCH3 is 1. The van der Waals surface area contributed by atoms with E-state index < -0.39 is 0 Å². The Kier molecular flexibility index (Phi) is 4.94. The third-order valence-corrected chi connectivity index (χ3v) is 5.05. The van der Waals surface area contributed by atoms with E-state index in [4.69, 9.17) is 4.74 Å². The monoisotopic (exact) mass is 441 g/mol. The number of fused-ring (bicyclic) bond motifs is 1. The van der Waals surface area contributed by atoms with Gasteiger partial charge in [-0.3, -0.25) is 14.6 Å². The van der Waals surface area contributed by atoms with E-state index in [0.29, 0.717) is 33.9 Å². The van der Waals surface area contributed by atoms with Gasteiger partial charge in [-0.15, -0.1) is 0 Å². The molecule has 10 heteroatoms. The van der Waals surface area contributed by atoms with Crippen LogP contribution in [-0.2, 0) is 0 Å². The highest BCUT2D eigenvalue weighted by atomic mass is 16.5. The molecule has 5 rings (SSSR count). The molecule has 1 amide bonds. The molecule has 3 aromatic heterocycles. The first-order valence-electron chi connectivity index (χ1n) is 10.1. The second-order valence-corrected chi connectivity index (χ2v) is 7.28. The van der Waals surface area contributed by atoms with E-state index in [2.05, 4.69) is 25.5 Å². The molecule has 0 spiro atoms. The SMILES string of the molecule is COc1ccc(C(=O)Nc2cc(C)nn2-c2nc3c(cnn3-c3ccccc3)c(=O)[nH]2)cc1. The summed E-state index contributed by atoms with van der Waals surface area (Å²) in [5, 5.41) is 11.9. The van der Waals surface area contributed by atoms with E-state index >= 15 is 0 Å². The average molecular weight is 441 g/mol. The molecule has 0 aliphatic heterocycles. The lowest BCUT2D eigenvalue weighted by molar-refractivity contribution is 0.102. The zero-order chi connectivity index (χ0) is 22.9. The summed E-state index contributed by atoms with van der Waals surface area (Å²) < 4.78 is 8.11. The maximum atomic E-state index is 12.8. The topological polar surface area (TPSA) is 120 Å². The quantitative estimate of drug-likeness (QED) is 0.433. The number of nitrogens with one attached hydrogen (secondary N) is 2. The number of benzene rings is 2. The molecule has 0 atom stereocenters. The molecule has 0 radical (unpaired) electrons. The normalized spacial score (nSPS) is 11.0. The fourth-order valence-corrected chi connectivity index (χ4v) is 3.45. The zero-order valence-corrected chi connectivity index (χ0v) is 17.8. The molecule has 0 saturated heterocycles. The number of nitrogens with zero attached hydrogens (tertiary/aromatic N) is 5. The summed E-state index contributed by atoms with van der Waals surface area (Å²) in [5.41, 5.74) is 1.86. The predicted octanol–water partition coefficient (Wildman–Crippen LogP) is 2.86. The van der Waals surface area contributed by atoms with Gasteiger partial charge in [0.05, 0.1) is 24.7 Å².